The van der Waals surface area contributed by atoms with Crippen LogP contribution in [0.3, 0.4) is 0 Å². The minimum absolute atomic E-state index is 0.0528. The van der Waals surface area contributed by atoms with Crippen molar-refractivity contribution in [1.82, 2.24) is 0 Å². The first-order chi connectivity index (χ1) is 11.6. The Morgan fingerprint density at radius 1 is 1.25 bits per heavy atom. The number of halogens is 1. The number of anilines is 1. The summed E-state index contributed by atoms with van der Waals surface area (Å²) in [5.74, 6) is -1.56. The van der Waals surface area contributed by atoms with Crippen molar-refractivity contribution in [2.45, 2.75) is 6.42 Å². The third kappa shape index (κ3) is 3.49. The highest BCUT2D eigenvalue weighted by Gasteiger charge is 2.37. The molecule has 1 aliphatic rings. The van der Waals surface area contributed by atoms with Crippen molar-refractivity contribution in [3.63, 3.8) is 0 Å². The van der Waals surface area contributed by atoms with Gasteiger partial charge in [0.15, 0.2) is 6.61 Å². The molecule has 0 unspecified atom stereocenters. The van der Waals surface area contributed by atoms with Crippen molar-refractivity contribution < 1.29 is 19.1 Å². The van der Waals surface area contributed by atoms with E-state index >= 15 is 0 Å². The molecule has 0 spiro atoms. The zero-order valence-electron chi connectivity index (χ0n) is 12.6. The molecule has 0 N–H and O–H groups in total. The van der Waals surface area contributed by atoms with Crippen LogP contribution >= 0.6 is 22.9 Å². The predicted molar refractivity (Wildman–Crippen MR) is 91.5 cm³/mol. The molecule has 0 bridgehead atoms. The molecule has 24 heavy (non-hydrogen) atoms. The summed E-state index contributed by atoms with van der Waals surface area (Å²) in [4.78, 5) is 38.2. The number of ether oxygens (including phenoxy) is 1. The van der Waals surface area contributed by atoms with E-state index in [9.17, 15) is 14.4 Å². The standard InChI is InChI=1S/C17H14ClNO4S/c18-12-4-1-2-5-13(12)19-9-11(8-16(19)21)17(22)23-10-14(20)15-6-3-7-24-15/h1-7,11H,8-10H2/t11-/m0/s1. The van der Waals surface area contributed by atoms with Crippen LogP contribution in [0.2, 0.25) is 5.02 Å². The Morgan fingerprint density at radius 2 is 2.04 bits per heavy atom. The number of para-hydroxylation sites is 1. The van der Waals surface area contributed by atoms with E-state index in [0.29, 0.717) is 15.6 Å². The van der Waals surface area contributed by atoms with Crippen molar-refractivity contribution in [2.75, 3.05) is 18.1 Å². The second-order valence-electron chi connectivity index (χ2n) is 5.36. The van der Waals surface area contributed by atoms with Gasteiger partial charge in [0.2, 0.25) is 11.7 Å². The van der Waals surface area contributed by atoms with Gasteiger partial charge in [-0.05, 0) is 23.6 Å². The first-order valence-electron chi connectivity index (χ1n) is 7.34. The van der Waals surface area contributed by atoms with Crippen LogP contribution in [0.5, 0.6) is 0 Å². The highest BCUT2D eigenvalue weighted by atomic mass is 35.5. The average molecular weight is 364 g/mol. The van der Waals surface area contributed by atoms with Gasteiger partial charge in [-0.15, -0.1) is 11.3 Å². The van der Waals surface area contributed by atoms with E-state index in [2.05, 4.69) is 0 Å². The maximum Gasteiger partial charge on any atom is 0.311 e. The highest BCUT2D eigenvalue weighted by molar-refractivity contribution is 7.12. The Kier molecular flexibility index (Phi) is 4.97. The molecule has 1 aromatic carbocycles. The Bertz CT molecular complexity index is 775. The van der Waals surface area contributed by atoms with Crippen molar-refractivity contribution in [3.8, 4) is 0 Å². The number of esters is 1. The minimum Gasteiger partial charge on any atom is -0.457 e. The van der Waals surface area contributed by atoms with Crippen LogP contribution in [0, 0.1) is 5.92 Å². The Hall–Kier alpha value is -2.18. The van der Waals surface area contributed by atoms with Gasteiger partial charge >= 0.3 is 5.97 Å². The molecular weight excluding hydrogens is 350 g/mol. The molecule has 2 aromatic rings. The van der Waals surface area contributed by atoms with Crippen LogP contribution in [-0.2, 0) is 14.3 Å². The summed E-state index contributed by atoms with van der Waals surface area (Å²) in [5.41, 5.74) is 0.578. The molecular formula is C17H14ClNO4S. The molecule has 1 atom stereocenters. The fraction of sp³-hybridized carbons (Fsp3) is 0.235. The Labute approximate surface area is 147 Å². The molecule has 0 radical (unpaired) electrons. The Balaban J connectivity index is 1.60. The molecule has 2 heterocycles. The lowest BCUT2D eigenvalue weighted by Crippen LogP contribution is -2.27. The number of hydrogen-bond donors (Lipinski definition) is 0. The van der Waals surface area contributed by atoms with Crippen molar-refractivity contribution in [2.24, 2.45) is 5.92 Å². The molecule has 124 valence electrons. The third-order valence-electron chi connectivity index (χ3n) is 3.74. The fourth-order valence-corrected chi connectivity index (χ4v) is 3.42. The number of hydrogen-bond acceptors (Lipinski definition) is 5. The van der Waals surface area contributed by atoms with E-state index in [-0.39, 0.29) is 31.3 Å². The Morgan fingerprint density at radius 3 is 2.75 bits per heavy atom. The highest BCUT2D eigenvalue weighted by Crippen LogP contribution is 2.31. The number of benzene rings is 1. The molecule has 7 heteroatoms. The summed E-state index contributed by atoms with van der Waals surface area (Å²) in [6.07, 6.45) is 0.0528. The monoisotopic (exact) mass is 363 g/mol. The molecule has 3 rings (SSSR count). The molecule has 1 aromatic heterocycles. The number of ketones is 1. The first-order valence-corrected chi connectivity index (χ1v) is 8.60. The number of nitrogens with zero attached hydrogens (tertiary/aromatic N) is 1. The topological polar surface area (TPSA) is 63.7 Å². The maximum atomic E-state index is 12.2. The van der Waals surface area contributed by atoms with E-state index in [1.54, 1.807) is 41.8 Å². The van der Waals surface area contributed by atoms with Crippen LogP contribution in [0.15, 0.2) is 41.8 Å². The van der Waals surface area contributed by atoms with E-state index in [0.717, 1.165) is 0 Å². The zero-order chi connectivity index (χ0) is 17.1. The molecule has 1 fully saturated rings. The second-order valence-corrected chi connectivity index (χ2v) is 6.72. The quantitative estimate of drug-likeness (QED) is 0.604. The van der Waals surface area contributed by atoms with Crippen LogP contribution in [-0.4, -0.2) is 30.8 Å². The number of amides is 1. The molecule has 5 nitrogen and oxygen atoms in total. The van der Waals surface area contributed by atoms with Gasteiger partial charge in [-0.3, -0.25) is 14.4 Å². The van der Waals surface area contributed by atoms with Gasteiger partial charge in [-0.25, -0.2) is 0 Å². The summed E-state index contributed by atoms with van der Waals surface area (Å²) in [6.45, 7) is -0.106. The molecule has 1 aliphatic heterocycles. The van der Waals surface area contributed by atoms with Gasteiger partial charge in [0.05, 0.1) is 21.5 Å². The number of rotatable bonds is 5. The van der Waals surface area contributed by atoms with Crippen LogP contribution in [0.25, 0.3) is 0 Å². The van der Waals surface area contributed by atoms with Gasteiger partial charge in [0.25, 0.3) is 0 Å². The maximum absolute atomic E-state index is 12.2. The SMILES string of the molecule is O=C(COC(=O)[C@H]1CC(=O)N(c2ccccc2Cl)C1)c1cccs1. The van der Waals surface area contributed by atoms with Crippen LogP contribution < -0.4 is 4.90 Å². The predicted octanol–water partition coefficient (Wildman–Crippen LogP) is 3.18. The molecule has 0 aliphatic carbocycles. The summed E-state index contributed by atoms with van der Waals surface area (Å²) >= 11 is 7.40. The van der Waals surface area contributed by atoms with E-state index in [4.69, 9.17) is 16.3 Å². The fourth-order valence-electron chi connectivity index (χ4n) is 2.53. The van der Waals surface area contributed by atoms with E-state index in [1.165, 1.54) is 16.2 Å². The number of Topliss-reactive ketones (excluding diaryl/α,β-unsaturated/α-hetero) is 1. The minimum atomic E-state index is -0.593. The van der Waals surface area contributed by atoms with Crippen molar-refractivity contribution >= 4 is 46.3 Å². The summed E-state index contributed by atoms with van der Waals surface area (Å²) in [5, 5.41) is 2.24. The molecule has 0 saturated carbocycles. The summed E-state index contributed by atoms with van der Waals surface area (Å²) in [6, 6.07) is 10.4. The lowest BCUT2D eigenvalue weighted by Gasteiger charge is -2.17. The second kappa shape index (κ2) is 7.15. The van der Waals surface area contributed by atoms with Gasteiger partial charge in [0.1, 0.15) is 0 Å². The molecule has 1 saturated heterocycles. The van der Waals surface area contributed by atoms with Crippen molar-refractivity contribution in [1.29, 1.82) is 0 Å². The van der Waals surface area contributed by atoms with Gasteiger partial charge < -0.3 is 9.64 Å². The smallest absolute Gasteiger partial charge is 0.311 e. The van der Waals surface area contributed by atoms with Crippen molar-refractivity contribution in [3.05, 3.63) is 51.7 Å². The lowest BCUT2D eigenvalue weighted by atomic mass is 10.1. The van der Waals surface area contributed by atoms with Gasteiger partial charge in [-0.2, -0.15) is 0 Å². The van der Waals surface area contributed by atoms with Crippen LogP contribution in [0.1, 0.15) is 16.1 Å². The summed E-state index contributed by atoms with van der Waals surface area (Å²) < 4.78 is 5.08. The number of thiophene rings is 1. The first kappa shape index (κ1) is 16.7. The normalized spacial score (nSPS) is 17.1. The largest absolute Gasteiger partial charge is 0.457 e. The van der Waals surface area contributed by atoms with E-state index in [1.807, 2.05) is 0 Å². The lowest BCUT2D eigenvalue weighted by molar-refractivity contribution is -0.147. The molecule has 1 amide bonds. The third-order valence-corrected chi connectivity index (χ3v) is 4.97. The van der Waals surface area contributed by atoms with E-state index < -0.39 is 11.9 Å². The average Bonchev–Trinajstić information content (AvgIpc) is 3.23. The number of carbonyl (C=O) groups excluding carboxylic acids is 3. The summed E-state index contributed by atoms with van der Waals surface area (Å²) in [7, 11) is 0. The van der Waals surface area contributed by atoms with Gasteiger partial charge in [0, 0.05) is 13.0 Å². The number of carbonyl (C=O) groups is 3. The van der Waals surface area contributed by atoms with Gasteiger partial charge in [-0.1, -0.05) is 29.8 Å². The zero-order valence-corrected chi connectivity index (χ0v) is 14.2. The van der Waals surface area contributed by atoms with Crippen LogP contribution in [0.4, 0.5) is 5.69 Å².